The number of aromatic nitrogens is 1. The molecule has 192 valence electrons. The van der Waals surface area contributed by atoms with Crippen LogP contribution in [0.3, 0.4) is 0 Å². The van der Waals surface area contributed by atoms with Crippen LogP contribution >= 0.6 is 35.0 Å². The molecule has 1 unspecified atom stereocenters. The molecule has 2 N–H and O–H groups in total. The van der Waals surface area contributed by atoms with Gasteiger partial charge in [-0.3, -0.25) is 0 Å². The molecule has 0 saturated heterocycles. The van der Waals surface area contributed by atoms with Crippen molar-refractivity contribution >= 4 is 68.1 Å². The van der Waals surface area contributed by atoms with Crippen LogP contribution in [0.15, 0.2) is 77.7 Å². The number of nitrogens with zero attached hydrogens (tertiary/aromatic N) is 2. The Morgan fingerprint density at radius 2 is 1.53 bits per heavy atom. The number of benzene rings is 4. The quantitative estimate of drug-likeness (QED) is 0.167. The minimum Gasteiger partial charge on any atom is -0.497 e. The molecule has 0 fully saturated rings. The summed E-state index contributed by atoms with van der Waals surface area (Å²) in [5.41, 5.74) is 12.7. The molecule has 5 nitrogen and oxygen atoms in total. The number of ether oxygens (including phenoxy) is 2. The molecule has 1 atom stereocenters. The van der Waals surface area contributed by atoms with Gasteiger partial charge in [-0.2, -0.15) is 0 Å². The number of rotatable bonds is 6. The van der Waals surface area contributed by atoms with E-state index in [9.17, 15) is 0 Å². The Bertz CT molecular complexity index is 1690. The highest BCUT2D eigenvalue weighted by Gasteiger charge is 2.29. The lowest BCUT2D eigenvalue weighted by molar-refractivity contribution is 0.414. The first-order valence-electron chi connectivity index (χ1n) is 12.2. The highest BCUT2D eigenvalue weighted by Crippen LogP contribution is 2.46. The van der Waals surface area contributed by atoms with E-state index in [0.717, 1.165) is 73.0 Å². The zero-order valence-electron chi connectivity index (χ0n) is 20.9. The van der Waals surface area contributed by atoms with Gasteiger partial charge in [0, 0.05) is 54.9 Å². The minimum atomic E-state index is -0.262. The van der Waals surface area contributed by atoms with E-state index >= 15 is 0 Å². The molecule has 5 aromatic rings. The molecule has 2 heterocycles. The zero-order valence-corrected chi connectivity index (χ0v) is 23.2. The molecule has 1 aliphatic rings. The largest absolute Gasteiger partial charge is 0.497 e. The van der Waals surface area contributed by atoms with Crippen molar-refractivity contribution in [2.75, 3.05) is 31.4 Å². The molecule has 0 bridgehead atoms. The fraction of sp³-hybridized carbons (Fsp3) is 0.167. The number of anilines is 2. The number of halogens is 2. The van der Waals surface area contributed by atoms with Crippen LogP contribution in [0.4, 0.5) is 11.4 Å². The van der Waals surface area contributed by atoms with E-state index < -0.39 is 0 Å². The summed E-state index contributed by atoms with van der Waals surface area (Å²) in [6.07, 6.45) is 0. The van der Waals surface area contributed by atoms with Gasteiger partial charge in [-0.25, -0.2) is 4.98 Å². The predicted molar refractivity (Wildman–Crippen MR) is 159 cm³/mol. The molecule has 1 aromatic heterocycles. The Labute approximate surface area is 235 Å². The van der Waals surface area contributed by atoms with E-state index in [-0.39, 0.29) is 6.04 Å². The van der Waals surface area contributed by atoms with Gasteiger partial charge >= 0.3 is 0 Å². The highest BCUT2D eigenvalue weighted by molar-refractivity contribution is 7.99. The van der Waals surface area contributed by atoms with Crippen LogP contribution in [-0.2, 0) is 0 Å². The van der Waals surface area contributed by atoms with Crippen molar-refractivity contribution in [3.8, 4) is 11.5 Å². The zero-order chi connectivity index (χ0) is 26.4. The molecule has 1 aliphatic heterocycles. The third-order valence-corrected chi connectivity index (χ3v) is 8.52. The van der Waals surface area contributed by atoms with Crippen LogP contribution in [0.2, 0.25) is 10.0 Å². The molecule has 4 aromatic carbocycles. The third kappa shape index (κ3) is 4.41. The third-order valence-electron chi connectivity index (χ3n) is 6.93. The summed E-state index contributed by atoms with van der Waals surface area (Å²) in [5.74, 6) is 2.39. The van der Waals surface area contributed by atoms with Gasteiger partial charge in [0.2, 0.25) is 0 Å². The van der Waals surface area contributed by atoms with Crippen LogP contribution in [0.25, 0.3) is 21.8 Å². The van der Waals surface area contributed by atoms with E-state index in [1.807, 2.05) is 60.7 Å². The van der Waals surface area contributed by atoms with Gasteiger partial charge in [-0.1, -0.05) is 35.3 Å². The fourth-order valence-electron chi connectivity index (χ4n) is 5.09. The number of nitrogens with two attached hydrogens (primary N) is 1. The van der Waals surface area contributed by atoms with Crippen LogP contribution in [0.1, 0.15) is 17.2 Å². The Balaban J connectivity index is 1.40. The summed E-state index contributed by atoms with van der Waals surface area (Å²) in [5, 5.41) is 3.47. The maximum absolute atomic E-state index is 6.72. The topological polar surface area (TPSA) is 60.6 Å². The number of hydrogen-bond acceptors (Lipinski definition) is 6. The molecule has 38 heavy (non-hydrogen) atoms. The van der Waals surface area contributed by atoms with Gasteiger partial charge in [-0.05, 0) is 66.2 Å². The summed E-state index contributed by atoms with van der Waals surface area (Å²) >= 11 is 14.5. The van der Waals surface area contributed by atoms with Crippen molar-refractivity contribution < 1.29 is 9.47 Å². The monoisotopic (exact) mass is 561 g/mol. The number of pyridine rings is 1. The molecule has 0 aliphatic carbocycles. The molecule has 0 radical (unpaired) electrons. The van der Waals surface area contributed by atoms with E-state index in [1.165, 1.54) is 0 Å². The second kappa shape index (κ2) is 10.2. The second-order valence-corrected chi connectivity index (χ2v) is 11.1. The van der Waals surface area contributed by atoms with Gasteiger partial charge in [0.05, 0.1) is 31.3 Å². The molecule has 0 amide bonds. The highest BCUT2D eigenvalue weighted by atomic mass is 35.5. The summed E-state index contributed by atoms with van der Waals surface area (Å²) in [6, 6.07) is 23.6. The SMILES string of the molecule is COc1ccc2c(c1)C(N)c1ccc(Cl)cc1N2CCSc1c2ccc(Cl)cc2nc2ccc(OC)cc12. The van der Waals surface area contributed by atoms with E-state index in [2.05, 4.69) is 17.0 Å². The first kappa shape index (κ1) is 25.1. The average molecular weight is 563 g/mol. The number of thioether (sulfide) groups is 1. The Hall–Kier alpha value is -3.16. The lowest BCUT2D eigenvalue weighted by Crippen LogP contribution is -2.30. The van der Waals surface area contributed by atoms with E-state index in [1.54, 1.807) is 26.0 Å². The van der Waals surface area contributed by atoms with Crippen LogP contribution in [-0.4, -0.2) is 31.5 Å². The maximum atomic E-state index is 6.72. The smallest absolute Gasteiger partial charge is 0.119 e. The van der Waals surface area contributed by atoms with Crippen molar-refractivity contribution in [3.63, 3.8) is 0 Å². The van der Waals surface area contributed by atoms with Gasteiger partial charge in [0.15, 0.2) is 0 Å². The lowest BCUT2D eigenvalue weighted by atomic mass is 9.91. The number of methoxy groups -OCH3 is 2. The first-order valence-corrected chi connectivity index (χ1v) is 13.9. The Morgan fingerprint density at radius 1 is 0.789 bits per heavy atom. The molecular formula is C30H25Cl2N3O2S. The van der Waals surface area contributed by atoms with Crippen molar-refractivity contribution in [1.82, 2.24) is 4.98 Å². The lowest BCUT2D eigenvalue weighted by Gasteiger charge is -2.36. The van der Waals surface area contributed by atoms with Crippen LogP contribution in [0.5, 0.6) is 11.5 Å². The summed E-state index contributed by atoms with van der Waals surface area (Å²) in [6.45, 7) is 0.743. The molecule has 6 rings (SSSR count). The maximum Gasteiger partial charge on any atom is 0.119 e. The molecule has 0 spiro atoms. The first-order chi connectivity index (χ1) is 18.5. The van der Waals surface area contributed by atoms with Crippen LogP contribution in [0, 0.1) is 0 Å². The van der Waals surface area contributed by atoms with Crippen molar-refractivity contribution in [3.05, 3.63) is 94.0 Å². The molecule has 0 saturated carbocycles. The van der Waals surface area contributed by atoms with Gasteiger partial charge in [0.1, 0.15) is 11.5 Å². The molecule has 8 heteroatoms. The van der Waals surface area contributed by atoms with Gasteiger partial charge in [-0.15, -0.1) is 11.8 Å². The normalized spacial score (nSPS) is 14.4. The number of fused-ring (bicyclic) bond motifs is 4. The Kier molecular flexibility index (Phi) is 6.74. The fourth-order valence-corrected chi connectivity index (χ4v) is 6.54. The summed E-state index contributed by atoms with van der Waals surface area (Å²) < 4.78 is 11.0. The second-order valence-electron chi connectivity index (χ2n) is 9.09. The molecular weight excluding hydrogens is 537 g/mol. The van der Waals surface area contributed by atoms with Crippen LogP contribution < -0.4 is 20.1 Å². The van der Waals surface area contributed by atoms with Crippen molar-refractivity contribution in [2.24, 2.45) is 5.73 Å². The van der Waals surface area contributed by atoms with Gasteiger partial charge < -0.3 is 20.1 Å². The predicted octanol–water partition coefficient (Wildman–Crippen LogP) is 8.00. The standard InChI is InChI=1S/C30H25Cl2N3O2S/c1-36-19-5-9-25-23(15-19)30(21-7-3-17(31)13-26(21)34-25)38-12-11-35-27-10-6-20(37-2)16-24(27)29(33)22-8-4-18(32)14-28(22)35/h3-10,13-16,29H,11-12,33H2,1-2H3. The summed E-state index contributed by atoms with van der Waals surface area (Å²) in [4.78, 5) is 8.31. The van der Waals surface area contributed by atoms with E-state index in [4.69, 9.17) is 43.4 Å². The Morgan fingerprint density at radius 3 is 2.34 bits per heavy atom. The average Bonchev–Trinajstić information content (AvgIpc) is 2.93. The summed E-state index contributed by atoms with van der Waals surface area (Å²) in [7, 11) is 3.35. The number of hydrogen-bond donors (Lipinski definition) is 1. The van der Waals surface area contributed by atoms with Gasteiger partial charge in [0.25, 0.3) is 0 Å². The van der Waals surface area contributed by atoms with Crippen molar-refractivity contribution in [1.29, 1.82) is 0 Å². The minimum absolute atomic E-state index is 0.262. The van der Waals surface area contributed by atoms with E-state index in [0.29, 0.717) is 10.0 Å². The van der Waals surface area contributed by atoms with Crippen molar-refractivity contribution in [2.45, 2.75) is 10.9 Å².